The first kappa shape index (κ1) is 26.2. The molecule has 2 aromatic carbocycles. The van der Waals surface area contributed by atoms with E-state index in [9.17, 15) is 15.0 Å². The van der Waals surface area contributed by atoms with Gasteiger partial charge in [0.2, 0.25) is 5.91 Å². The van der Waals surface area contributed by atoms with Crippen LogP contribution in [0.15, 0.2) is 54.6 Å². The van der Waals surface area contributed by atoms with Crippen LogP contribution in [-0.2, 0) is 16.6 Å². The molecule has 2 aromatic rings. The second-order valence-electron chi connectivity index (χ2n) is 12.0. The van der Waals surface area contributed by atoms with Crippen molar-refractivity contribution in [3.8, 4) is 5.75 Å². The lowest BCUT2D eigenvalue weighted by molar-refractivity contribution is -0.148. The summed E-state index contributed by atoms with van der Waals surface area (Å²) in [4.78, 5) is 17.6. The zero-order valence-electron chi connectivity index (χ0n) is 22.4. The molecule has 2 aliphatic carbocycles. The van der Waals surface area contributed by atoms with Crippen LogP contribution in [0.1, 0.15) is 75.3 Å². The zero-order valence-corrected chi connectivity index (χ0v) is 22.4. The summed E-state index contributed by atoms with van der Waals surface area (Å²) < 4.78 is 0. The third kappa shape index (κ3) is 5.88. The smallest absolute Gasteiger partial charge is 0.222 e. The topological polar surface area (TPSA) is 64.0 Å². The molecule has 200 valence electrons. The largest absolute Gasteiger partial charge is 0.508 e. The number of hydrogen-bond acceptors (Lipinski definition) is 4. The average Bonchev–Trinajstić information content (AvgIpc) is 3.72. The summed E-state index contributed by atoms with van der Waals surface area (Å²) in [5, 5.41) is 22.5. The lowest BCUT2D eigenvalue weighted by atomic mass is 9.55. The van der Waals surface area contributed by atoms with Gasteiger partial charge in [-0.15, -0.1) is 0 Å². The number of hydrogen-bond donors (Lipinski definition) is 2. The Kier molecular flexibility index (Phi) is 7.92. The molecule has 1 amide bonds. The lowest BCUT2D eigenvalue weighted by Gasteiger charge is -2.59. The highest BCUT2D eigenvalue weighted by molar-refractivity contribution is 5.76. The van der Waals surface area contributed by atoms with Gasteiger partial charge >= 0.3 is 0 Å². The number of fused-ring (bicyclic) bond motifs is 1. The Morgan fingerprint density at radius 3 is 2.59 bits per heavy atom. The van der Waals surface area contributed by atoms with Crippen molar-refractivity contribution in [3.63, 3.8) is 0 Å². The van der Waals surface area contributed by atoms with Gasteiger partial charge in [0.15, 0.2) is 0 Å². The van der Waals surface area contributed by atoms with E-state index in [0.717, 1.165) is 69.5 Å². The van der Waals surface area contributed by atoms with Crippen LogP contribution < -0.4 is 0 Å². The van der Waals surface area contributed by atoms with Gasteiger partial charge in [-0.1, -0.05) is 48.9 Å². The Bertz CT molecular complexity index is 1060. The number of β-amino-alcohol motifs (C(OH)–C–C–N with tert-alkyl or cyclic N) is 1. The molecule has 2 N–H and O–H groups in total. The van der Waals surface area contributed by atoms with Crippen LogP contribution >= 0.6 is 0 Å². The molecule has 3 atom stereocenters. The Morgan fingerprint density at radius 1 is 1.03 bits per heavy atom. The number of phenolic OH excluding ortho intramolecular Hbond substituents is 1. The van der Waals surface area contributed by atoms with E-state index in [2.05, 4.69) is 35.2 Å². The van der Waals surface area contributed by atoms with E-state index in [4.69, 9.17) is 0 Å². The van der Waals surface area contributed by atoms with Gasteiger partial charge in [-0.3, -0.25) is 4.79 Å². The third-order valence-electron chi connectivity index (χ3n) is 9.46. The molecule has 5 heteroatoms. The fourth-order valence-corrected chi connectivity index (χ4v) is 7.00. The maximum absolute atomic E-state index is 13.2. The van der Waals surface area contributed by atoms with Crippen molar-refractivity contribution in [2.24, 2.45) is 5.92 Å². The molecule has 0 radical (unpaired) electrons. The molecule has 1 saturated heterocycles. The average molecular weight is 505 g/mol. The van der Waals surface area contributed by atoms with Crippen molar-refractivity contribution >= 4 is 5.91 Å². The quantitative estimate of drug-likeness (QED) is 0.432. The molecule has 5 nitrogen and oxygen atoms in total. The SMILES string of the molecule is CN(C(=O)CCCCCc1ccccc1)[C@H]1CC[C@]2(O)CN(CC3CC3)CC[C@@]2(c2cccc(O)c2)C1. The van der Waals surface area contributed by atoms with Gasteiger partial charge in [0.1, 0.15) is 5.75 Å². The standard InChI is InChI=1S/C32H44N2O3/c1-33(30(36)14-7-3-6-11-25-9-4-2-5-10-25)28-17-18-32(37)24-34(23-26-15-16-26)20-19-31(32,22-28)27-12-8-13-29(35)21-27/h2,4-5,8-10,12-13,21,26,28,35,37H,3,6-7,11,14-20,22-24H2,1H3/t28-,31-,32-/m0/s1. The Morgan fingerprint density at radius 2 is 1.84 bits per heavy atom. The minimum Gasteiger partial charge on any atom is -0.508 e. The number of unbranched alkanes of at least 4 members (excludes halogenated alkanes) is 2. The molecule has 1 aliphatic heterocycles. The highest BCUT2D eigenvalue weighted by atomic mass is 16.3. The van der Waals surface area contributed by atoms with E-state index in [1.807, 2.05) is 30.1 Å². The Hall–Kier alpha value is -2.37. The van der Waals surface area contributed by atoms with Crippen molar-refractivity contribution in [3.05, 3.63) is 65.7 Å². The van der Waals surface area contributed by atoms with Crippen molar-refractivity contribution in [2.75, 3.05) is 26.7 Å². The number of likely N-dealkylation sites (tertiary alicyclic amines) is 1. The number of nitrogens with zero attached hydrogens (tertiary/aromatic N) is 2. The summed E-state index contributed by atoms with van der Waals surface area (Å²) in [6.07, 6.45) is 10.5. The first-order chi connectivity index (χ1) is 17.9. The number of amides is 1. The predicted molar refractivity (Wildman–Crippen MR) is 148 cm³/mol. The molecule has 1 heterocycles. The normalized spacial score (nSPS) is 28.0. The van der Waals surface area contributed by atoms with E-state index < -0.39 is 11.0 Å². The highest BCUT2D eigenvalue weighted by Crippen LogP contribution is 2.53. The lowest BCUT2D eigenvalue weighted by Crippen LogP contribution is -2.67. The molecular formula is C32H44N2O3. The van der Waals surface area contributed by atoms with Gasteiger partial charge in [-0.2, -0.15) is 0 Å². The molecule has 3 aliphatic rings. The highest BCUT2D eigenvalue weighted by Gasteiger charge is 2.58. The molecule has 0 aromatic heterocycles. The summed E-state index contributed by atoms with van der Waals surface area (Å²) in [6.45, 7) is 2.73. The number of benzene rings is 2. The molecular weight excluding hydrogens is 460 g/mol. The second-order valence-corrected chi connectivity index (χ2v) is 12.0. The van der Waals surface area contributed by atoms with Crippen molar-refractivity contribution in [1.82, 2.24) is 9.80 Å². The van der Waals surface area contributed by atoms with E-state index in [0.29, 0.717) is 19.4 Å². The van der Waals surface area contributed by atoms with Crippen LogP contribution in [0, 0.1) is 5.92 Å². The van der Waals surface area contributed by atoms with E-state index >= 15 is 0 Å². The molecule has 0 bridgehead atoms. The Balaban J connectivity index is 1.22. The van der Waals surface area contributed by atoms with Crippen LogP contribution in [0.4, 0.5) is 0 Å². The fraction of sp³-hybridized carbons (Fsp3) is 0.594. The minimum absolute atomic E-state index is 0.106. The monoisotopic (exact) mass is 504 g/mol. The number of rotatable bonds is 10. The van der Waals surface area contributed by atoms with Gasteiger partial charge in [0.25, 0.3) is 0 Å². The summed E-state index contributed by atoms with van der Waals surface area (Å²) in [5.41, 5.74) is 1.10. The molecule has 2 saturated carbocycles. The van der Waals surface area contributed by atoms with E-state index in [-0.39, 0.29) is 17.7 Å². The number of carbonyl (C=O) groups excluding carboxylic acids is 1. The summed E-state index contributed by atoms with van der Waals surface area (Å²) >= 11 is 0. The molecule has 0 unspecified atom stereocenters. The van der Waals surface area contributed by atoms with Gasteiger partial charge in [-0.05, 0) is 93.5 Å². The summed E-state index contributed by atoms with van der Waals surface area (Å²) in [5.74, 6) is 1.26. The van der Waals surface area contributed by atoms with Gasteiger partial charge in [0, 0.05) is 38.0 Å². The molecule has 0 spiro atoms. The van der Waals surface area contributed by atoms with E-state index in [1.54, 1.807) is 6.07 Å². The second kappa shape index (κ2) is 11.2. The maximum atomic E-state index is 13.2. The van der Waals surface area contributed by atoms with Gasteiger partial charge in [0.05, 0.1) is 5.60 Å². The number of aryl methyl sites for hydroxylation is 1. The van der Waals surface area contributed by atoms with Crippen LogP contribution in [0.3, 0.4) is 0 Å². The minimum atomic E-state index is -0.842. The third-order valence-corrected chi connectivity index (χ3v) is 9.46. The maximum Gasteiger partial charge on any atom is 0.222 e. The zero-order chi connectivity index (χ0) is 25.9. The fourth-order valence-electron chi connectivity index (χ4n) is 7.00. The van der Waals surface area contributed by atoms with Crippen LogP contribution in [0.5, 0.6) is 5.75 Å². The number of phenols is 1. The van der Waals surface area contributed by atoms with Crippen LogP contribution in [0.25, 0.3) is 0 Å². The van der Waals surface area contributed by atoms with Crippen molar-refractivity contribution in [2.45, 2.75) is 87.7 Å². The number of carbonyl (C=O) groups is 1. The first-order valence-corrected chi connectivity index (χ1v) is 14.4. The first-order valence-electron chi connectivity index (χ1n) is 14.4. The van der Waals surface area contributed by atoms with Gasteiger partial charge < -0.3 is 20.0 Å². The van der Waals surface area contributed by atoms with Crippen LogP contribution in [0.2, 0.25) is 0 Å². The number of piperidine rings is 1. The van der Waals surface area contributed by atoms with E-state index in [1.165, 1.54) is 18.4 Å². The summed E-state index contributed by atoms with van der Waals surface area (Å²) in [6, 6.07) is 18.2. The number of aromatic hydroxyl groups is 1. The van der Waals surface area contributed by atoms with Gasteiger partial charge in [-0.25, -0.2) is 0 Å². The van der Waals surface area contributed by atoms with Crippen molar-refractivity contribution in [1.29, 1.82) is 0 Å². The van der Waals surface area contributed by atoms with Crippen molar-refractivity contribution < 1.29 is 15.0 Å². The predicted octanol–water partition coefficient (Wildman–Crippen LogP) is 5.29. The molecule has 5 rings (SSSR count). The summed E-state index contributed by atoms with van der Waals surface area (Å²) in [7, 11) is 1.96. The Labute approximate surface area is 222 Å². The molecule has 37 heavy (non-hydrogen) atoms. The molecule has 3 fully saturated rings. The van der Waals surface area contributed by atoms with Crippen LogP contribution in [-0.4, -0.2) is 64.2 Å². The number of aliphatic hydroxyl groups is 1.